The standard InChI is InChI=1S/C15H15N3OS/c1-19-9-8-16-15-17-10-14(20-15)13-7-6-11-4-2-3-5-12(11)18-13/h2-7,10H,8-9H2,1H3,(H,16,17). The van der Waals surface area contributed by atoms with Crippen molar-refractivity contribution in [3.05, 3.63) is 42.6 Å². The molecule has 4 nitrogen and oxygen atoms in total. The second-order valence-electron chi connectivity index (χ2n) is 4.34. The number of benzene rings is 1. The Morgan fingerprint density at radius 1 is 1.20 bits per heavy atom. The predicted octanol–water partition coefficient (Wildman–Crippen LogP) is 3.42. The van der Waals surface area contributed by atoms with Crippen LogP contribution in [0.3, 0.4) is 0 Å². The molecule has 0 spiro atoms. The molecule has 2 aromatic heterocycles. The first-order valence-electron chi connectivity index (χ1n) is 6.41. The van der Waals surface area contributed by atoms with Crippen molar-refractivity contribution in [1.82, 2.24) is 9.97 Å². The number of methoxy groups -OCH3 is 1. The molecule has 0 bridgehead atoms. The molecule has 5 heteroatoms. The van der Waals surface area contributed by atoms with E-state index >= 15 is 0 Å². The summed E-state index contributed by atoms with van der Waals surface area (Å²) in [4.78, 5) is 10.1. The second kappa shape index (κ2) is 5.98. The van der Waals surface area contributed by atoms with Gasteiger partial charge in [-0.25, -0.2) is 9.97 Å². The van der Waals surface area contributed by atoms with Gasteiger partial charge in [0, 0.05) is 25.2 Å². The molecule has 102 valence electrons. The van der Waals surface area contributed by atoms with Gasteiger partial charge in [-0.1, -0.05) is 35.6 Å². The highest BCUT2D eigenvalue weighted by molar-refractivity contribution is 7.18. The van der Waals surface area contributed by atoms with Crippen LogP contribution in [-0.2, 0) is 4.74 Å². The first kappa shape index (κ1) is 13.0. The molecule has 0 unspecified atom stereocenters. The maximum atomic E-state index is 5.01. The fourth-order valence-corrected chi connectivity index (χ4v) is 2.75. The SMILES string of the molecule is COCCNc1ncc(-c2ccc3ccccc3n2)s1. The Balaban J connectivity index is 1.83. The third-order valence-electron chi connectivity index (χ3n) is 2.94. The molecule has 20 heavy (non-hydrogen) atoms. The number of fused-ring (bicyclic) bond motifs is 1. The summed E-state index contributed by atoms with van der Waals surface area (Å²) in [5.41, 5.74) is 1.97. The normalized spacial score (nSPS) is 10.8. The molecule has 0 amide bonds. The van der Waals surface area contributed by atoms with Crippen LogP contribution in [-0.4, -0.2) is 30.2 Å². The number of thiazole rings is 1. The summed E-state index contributed by atoms with van der Waals surface area (Å²) in [7, 11) is 1.69. The van der Waals surface area contributed by atoms with Crippen molar-refractivity contribution < 1.29 is 4.74 Å². The Hall–Kier alpha value is -1.98. The van der Waals surface area contributed by atoms with E-state index in [9.17, 15) is 0 Å². The van der Waals surface area contributed by atoms with Crippen LogP contribution in [0.2, 0.25) is 0 Å². The number of ether oxygens (including phenoxy) is 1. The van der Waals surface area contributed by atoms with E-state index < -0.39 is 0 Å². The topological polar surface area (TPSA) is 47.0 Å². The van der Waals surface area contributed by atoms with Crippen molar-refractivity contribution in [3.63, 3.8) is 0 Å². The van der Waals surface area contributed by atoms with Crippen LogP contribution in [0.1, 0.15) is 0 Å². The number of nitrogens with one attached hydrogen (secondary N) is 1. The van der Waals surface area contributed by atoms with E-state index in [2.05, 4.69) is 27.4 Å². The number of hydrogen-bond acceptors (Lipinski definition) is 5. The summed E-state index contributed by atoms with van der Waals surface area (Å²) >= 11 is 1.60. The van der Waals surface area contributed by atoms with Crippen LogP contribution < -0.4 is 5.32 Å². The monoisotopic (exact) mass is 285 g/mol. The molecule has 1 N–H and O–H groups in total. The van der Waals surface area contributed by atoms with Crippen LogP contribution in [0.4, 0.5) is 5.13 Å². The zero-order chi connectivity index (χ0) is 13.8. The van der Waals surface area contributed by atoms with Crippen molar-refractivity contribution in [2.45, 2.75) is 0 Å². The molecule has 0 aliphatic rings. The van der Waals surface area contributed by atoms with Crippen LogP contribution >= 0.6 is 11.3 Å². The van der Waals surface area contributed by atoms with Gasteiger partial charge in [0.25, 0.3) is 0 Å². The van der Waals surface area contributed by atoms with Crippen molar-refractivity contribution in [1.29, 1.82) is 0 Å². The van der Waals surface area contributed by atoms with E-state index in [1.807, 2.05) is 30.5 Å². The van der Waals surface area contributed by atoms with Gasteiger partial charge in [0.1, 0.15) is 0 Å². The molecule has 0 fully saturated rings. The summed E-state index contributed by atoms with van der Waals surface area (Å²) in [6.07, 6.45) is 1.86. The van der Waals surface area contributed by atoms with Gasteiger partial charge in [-0.15, -0.1) is 0 Å². The van der Waals surface area contributed by atoms with Crippen LogP contribution in [0, 0.1) is 0 Å². The minimum absolute atomic E-state index is 0.670. The molecule has 3 aromatic rings. The molecule has 0 saturated carbocycles. The van der Waals surface area contributed by atoms with E-state index in [4.69, 9.17) is 4.74 Å². The molecule has 1 aromatic carbocycles. The number of anilines is 1. The third-order valence-corrected chi connectivity index (χ3v) is 3.92. The number of hydrogen-bond donors (Lipinski definition) is 1. The van der Waals surface area contributed by atoms with Crippen LogP contribution in [0.15, 0.2) is 42.6 Å². The molecule has 0 radical (unpaired) electrons. The predicted molar refractivity (Wildman–Crippen MR) is 83.2 cm³/mol. The summed E-state index contributed by atoms with van der Waals surface area (Å²) in [5, 5.41) is 5.27. The zero-order valence-electron chi connectivity index (χ0n) is 11.2. The summed E-state index contributed by atoms with van der Waals surface area (Å²) in [6.45, 7) is 1.43. The lowest BCUT2D eigenvalue weighted by Crippen LogP contribution is -2.06. The molecule has 0 atom stereocenters. The molecule has 0 aliphatic heterocycles. The second-order valence-corrected chi connectivity index (χ2v) is 5.37. The van der Waals surface area contributed by atoms with E-state index in [1.54, 1.807) is 18.4 Å². The first-order chi connectivity index (χ1) is 9.86. The van der Waals surface area contributed by atoms with Crippen LogP contribution in [0.25, 0.3) is 21.5 Å². The molecular formula is C15H15N3OS. The Labute approximate surface area is 121 Å². The van der Waals surface area contributed by atoms with E-state index in [1.165, 1.54) is 0 Å². The highest BCUT2D eigenvalue weighted by Crippen LogP contribution is 2.28. The maximum absolute atomic E-state index is 5.01. The van der Waals surface area contributed by atoms with Gasteiger partial charge in [0.05, 0.1) is 22.7 Å². The van der Waals surface area contributed by atoms with E-state index in [-0.39, 0.29) is 0 Å². The van der Waals surface area contributed by atoms with Gasteiger partial charge in [-0.2, -0.15) is 0 Å². The quantitative estimate of drug-likeness (QED) is 0.730. The van der Waals surface area contributed by atoms with Gasteiger partial charge < -0.3 is 10.1 Å². The molecule has 2 heterocycles. The molecule has 3 rings (SSSR count). The average molecular weight is 285 g/mol. The Kier molecular flexibility index (Phi) is 3.90. The fourth-order valence-electron chi connectivity index (χ4n) is 1.94. The summed E-state index contributed by atoms with van der Waals surface area (Å²) < 4.78 is 5.01. The van der Waals surface area contributed by atoms with Crippen molar-refractivity contribution >= 4 is 27.4 Å². The third kappa shape index (κ3) is 2.79. The molecular weight excluding hydrogens is 270 g/mol. The van der Waals surface area contributed by atoms with Gasteiger partial charge in [0.2, 0.25) is 0 Å². The highest BCUT2D eigenvalue weighted by Gasteiger charge is 2.06. The summed E-state index contributed by atoms with van der Waals surface area (Å²) in [6, 6.07) is 12.2. The zero-order valence-corrected chi connectivity index (χ0v) is 12.0. The largest absolute Gasteiger partial charge is 0.383 e. The van der Waals surface area contributed by atoms with Crippen molar-refractivity contribution in [2.24, 2.45) is 0 Å². The van der Waals surface area contributed by atoms with Gasteiger partial charge in [-0.05, 0) is 12.1 Å². The van der Waals surface area contributed by atoms with Gasteiger partial charge >= 0.3 is 0 Å². The Morgan fingerprint density at radius 2 is 2.10 bits per heavy atom. The van der Waals surface area contributed by atoms with E-state index in [0.717, 1.165) is 33.2 Å². The lowest BCUT2D eigenvalue weighted by molar-refractivity contribution is 0.211. The Bertz CT molecular complexity index is 711. The van der Waals surface area contributed by atoms with Gasteiger partial charge in [0.15, 0.2) is 5.13 Å². The number of aromatic nitrogens is 2. The first-order valence-corrected chi connectivity index (χ1v) is 7.23. The summed E-state index contributed by atoms with van der Waals surface area (Å²) in [5.74, 6) is 0. The van der Waals surface area contributed by atoms with Crippen LogP contribution in [0.5, 0.6) is 0 Å². The lowest BCUT2D eigenvalue weighted by Gasteiger charge is -2.01. The lowest BCUT2D eigenvalue weighted by atomic mass is 10.2. The molecule has 0 aliphatic carbocycles. The van der Waals surface area contributed by atoms with Crippen molar-refractivity contribution in [3.8, 4) is 10.6 Å². The smallest absolute Gasteiger partial charge is 0.183 e. The van der Waals surface area contributed by atoms with E-state index in [0.29, 0.717) is 6.61 Å². The minimum atomic E-state index is 0.670. The van der Waals surface area contributed by atoms with Gasteiger partial charge in [-0.3, -0.25) is 0 Å². The Morgan fingerprint density at radius 3 is 3.00 bits per heavy atom. The van der Waals surface area contributed by atoms with Crippen molar-refractivity contribution in [2.75, 3.05) is 25.6 Å². The number of para-hydroxylation sites is 1. The highest BCUT2D eigenvalue weighted by atomic mass is 32.1. The minimum Gasteiger partial charge on any atom is -0.383 e. The number of nitrogens with zero attached hydrogens (tertiary/aromatic N) is 2. The number of pyridine rings is 1. The average Bonchev–Trinajstić information content (AvgIpc) is 2.96. The number of rotatable bonds is 5. The molecule has 0 saturated heterocycles. The fraction of sp³-hybridized carbons (Fsp3) is 0.200. The maximum Gasteiger partial charge on any atom is 0.183 e.